The zero-order valence-corrected chi connectivity index (χ0v) is 14.3. The van der Waals surface area contributed by atoms with Gasteiger partial charge in [0.05, 0.1) is 5.69 Å². The first-order valence-electron chi connectivity index (χ1n) is 8.53. The number of carbonyl (C=O) groups excluding carboxylic acids is 1. The summed E-state index contributed by atoms with van der Waals surface area (Å²) in [5, 5.41) is 4.10. The fraction of sp³-hybridized carbons (Fsp3) is 0.353. The molecule has 27 heavy (non-hydrogen) atoms. The lowest BCUT2D eigenvalue weighted by molar-refractivity contribution is 0.0699. The number of aromatic nitrogens is 5. The van der Waals surface area contributed by atoms with Gasteiger partial charge in [-0.05, 0) is 31.0 Å². The zero-order valence-electron chi connectivity index (χ0n) is 14.3. The molecule has 0 aliphatic carbocycles. The highest BCUT2D eigenvalue weighted by atomic mass is 19.3. The van der Waals surface area contributed by atoms with Gasteiger partial charge in [-0.15, -0.1) is 0 Å². The summed E-state index contributed by atoms with van der Waals surface area (Å²) in [6.45, 7) is 0.941. The van der Waals surface area contributed by atoms with Gasteiger partial charge < -0.3 is 10.6 Å². The maximum absolute atomic E-state index is 13.2. The number of carbonyl (C=O) groups is 1. The van der Waals surface area contributed by atoms with Crippen molar-refractivity contribution in [3.63, 3.8) is 0 Å². The summed E-state index contributed by atoms with van der Waals surface area (Å²) in [5.74, 6) is 0.0108. The molecule has 1 amide bonds. The van der Waals surface area contributed by atoms with Crippen LogP contribution in [0, 0.1) is 0 Å². The maximum Gasteiger partial charge on any atom is 0.280 e. The lowest BCUT2D eigenvalue weighted by atomic mass is 9.93. The molecular weight excluding hydrogens is 356 g/mol. The van der Waals surface area contributed by atoms with E-state index in [0.29, 0.717) is 18.8 Å². The average Bonchev–Trinajstić information content (AvgIpc) is 3.15. The predicted octanol–water partition coefficient (Wildman–Crippen LogP) is 2.06. The van der Waals surface area contributed by atoms with E-state index in [2.05, 4.69) is 20.1 Å². The third-order valence-corrected chi connectivity index (χ3v) is 4.64. The highest BCUT2D eigenvalue weighted by Gasteiger charge is 2.29. The third-order valence-electron chi connectivity index (χ3n) is 4.64. The number of nitrogens with zero attached hydrogens (tertiary/aromatic N) is 6. The first-order chi connectivity index (χ1) is 13.0. The molecule has 4 heterocycles. The Morgan fingerprint density at radius 3 is 2.93 bits per heavy atom. The van der Waals surface area contributed by atoms with Crippen molar-refractivity contribution in [2.75, 3.05) is 18.8 Å². The fourth-order valence-corrected chi connectivity index (χ4v) is 3.39. The topological polar surface area (TPSA) is 102 Å². The summed E-state index contributed by atoms with van der Waals surface area (Å²) in [4.78, 5) is 26.3. The summed E-state index contributed by atoms with van der Waals surface area (Å²) in [7, 11) is 0. The van der Waals surface area contributed by atoms with Crippen LogP contribution in [0.4, 0.5) is 14.6 Å². The smallest absolute Gasteiger partial charge is 0.280 e. The molecule has 10 heteroatoms. The number of nitrogens with two attached hydrogens (primary N) is 1. The van der Waals surface area contributed by atoms with Gasteiger partial charge in [0.1, 0.15) is 23.5 Å². The Morgan fingerprint density at radius 1 is 1.30 bits per heavy atom. The molecule has 0 radical (unpaired) electrons. The predicted molar refractivity (Wildman–Crippen MR) is 92.3 cm³/mol. The van der Waals surface area contributed by atoms with Crippen LogP contribution in [-0.2, 0) is 0 Å². The SMILES string of the molecule is Nc1cccc(C(=O)N2CCC[C@H](c3cc(C(F)F)nc4ncnn34)C2)n1. The highest BCUT2D eigenvalue weighted by molar-refractivity contribution is 5.92. The molecule has 1 saturated heterocycles. The summed E-state index contributed by atoms with van der Waals surface area (Å²) < 4.78 is 27.9. The summed E-state index contributed by atoms with van der Waals surface area (Å²) in [5.41, 5.74) is 6.16. The number of hydrogen-bond donors (Lipinski definition) is 1. The quantitative estimate of drug-likeness (QED) is 0.754. The van der Waals surface area contributed by atoms with E-state index in [1.807, 2.05) is 0 Å². The van der Waals surface area contributed by atoms with Crippen molar-refractivity contribution in [3.05, 3.63) is 47.7 Å². The Kier molecular flexibility index (Phi) is 4.38. The zero-order chi connectivity index (χ0) is 19.0. The van der Waals surface area contributed by atoms with Crippen molar-refractivity contribution >= 4 is 17.5 Å². The number of rotatable bonds is 3. The van der Waals surface area contributed by atoms with Crippen LogP contribution in [0.25, 0.3) is 5.78 Å². The summed E-state index contributed by atoms with van der Waals surface area (Å²) in [6.07, 6.45) is 0.0591. The van der Waals surface area contributed by atoms with Gasteiger partial charge in [-0.1, -0.05) is 6.07 Å². The van der Waals surface area contributed by atoms with Gasteiger partial charge in [0.15, 0.2) is 0 Å². The molecule has 0 bridgehead atoms. The van der Waals surface area contributed by atoms with Gasteiger partial charge >= 0.3 is 0 Å². The molecule has 2 N–H and O–H groups in total. The molecule has 1 aliphatic heterocycles. The van der Waals surface area contributed by atoms with Crippen molar-refractivity contribution in [1.82, 2.24) is 29.5 Å². The van der Waals surface area contributed by atoms with E-state index < -0.39 is 6.43 Å². The first-order valence-corrected chi connectivity index (χ1v) is 8.53. The maximum atomic E-state index is 13.2. The molecule has 0 aromatic carbocycles. The lowest BCUT2D eigenvalue weighted by Crippen LogP contribution is -2.40. The Balaban J connectivity index is 1.64. The number of hydrogen-bond acceptors (Lipinski definition) is 6. The Hall–Kier alpha value is -3.17. The van der Waals surface area contributed by atoms with Crippen LogP contribution < -0.4 is 5.73 Å². The molecule has 0 spiro atoms. The van der Waals surface area contributed by atoms with Gasteiger partial charge in [0.25, 0.3) is 18.1 Å². The number of halogens is 2. The molecule has 1 aliphatic rings. The summed E-state index contributed by atoms with van der Waals surface area (Å²) in [6, 6.07) is 6.25. The van der Waals surface area contributed by atoms with E-state index in [-0.39, 0.29) is 34.8 Å². The number of piperidine rings is 1. The number of nitrogen functional groups attached to an aromatic ring is 1. The van der Waals surface area contributed by atoms with Crippen LogP contribution in [0.2, 0.25) is 0 Å². The molecule has 8 nitrogen and oxygen atoms in total. The number of anilines is 1. The Bertz CT molecular complexity index is 990. The van der Waals surface area contributed by atoms with E-state index in [4.69, 9.17) is 5.73 Å². The normalized spacial score (nSPS) is 17.6. The van der Waals surface area contributed by atoms with E-state index in [1.165, 1.54) is 16.9 Å². The highest BCUT2D eigenvalue weighted by Crippen LogP contribution is 2.30. The van der Waals surface area contributed by atoms with Crippen LogP contribution in [0.3, 0.4) is 0 Å². The molecule has 1 atom stereocenters. The number of likely N-dealkylation sites (tertiary alicyclic amines) is 1. The van der Waals surface area contributed by atoms with Crippen molar-refractivity contribution in [1.29, 1.82) is 0 Å². The molecular formula is C17H17F2N7O. The average molecular weight is 373 g/mol. The third kappa shape index (κ3) is 3.29. The molecule has 0 saturated carbocycles. The van der Waals surface area contributed by atoms with Gasteiger partial charge in [-0.25, -0.2) is 23.3 Å². The molecule has 4 rings (SSSR count). The van der Waals surface area contributed by atoms with Crippen LogP contribution in [0.1, 0.15) is 47.1 Å². The summed E-state index contributed by atoms with van der Waals surface area (Å²) >= 11 is 0. The first kappa shape index (κ1) is 17.3. The fourth-order valence-electron chi connectivity index (χ4n) is 3.39. The molecule has 0 unspecified atom stereocenters. The minimum Gasteiger partial charge on any atom is -0.384 e. The van der Waals surface area contributed by atoms with Crippen molar-refractivity contribution in [2.24, 2.45) is 0 Å². The van der Waals surface area contributed by atoms with Crippen LogP contribution in [0.15, 0.2) is 30.6 Å². The standard InChI is InChI=1S/C17H17F2N7O/c18-15(19)12-7-13(26-17(24-12)21-9-22-26)10-3-2-6-25(8-10)16(27)11-4-1-5-14(20)23-11/h1,4-5,7,9-10,15H,2-3,6,8H2,(H2,20,23)/t10-/m0/s1. The molecule has 1 fully saturated rings. The number of pyridine rings is 1. The van der Waals surface area contributed by atoms with Gasteiger partial charge in [-0.3, -0.25) is 4.79 Å². The second kappa shape index (κ2) is 6.86. The van der Waals surface area contributed by atoms with Gasteiger partial charge in [0, 0.05) is 19.0 Å². The van der Waals surface area contributed by atoms with Crippen LogP contribution >= 0.6 is 0 Å². The van der Waals surface area contributed by atoms with Crippen molar-refractivity contribution in [3.8, 4) is 0 Å². The Morgan fingerprint density at radius 2 is 2.15 bits per heavy atom. The van der Waals surface area contributed by atoms with Gasteiger partial charge in [-0.2, -0.15) is 10.1 Å². The van der Waals surface area contributed by atoms with E-state index in [0.717, 1.165) is 12.8 Å². The monoisotopic (exact) mass is 373 g/mol. The number of fused-ring (bicyclic) bond motifs is 1. The minimum absolute atomic E-state index is 0.128. The minimum atomic E-state index is -2.71. The van der Waals surface area contributed by atoms with E-state index >= 15 is 0 Å². The van der Waals surface area contributed by atoms with E-state index in [9.17, 15) is 13.6 Å². The largest absolute Gasteiger partial charge is 0.384 e. The molecule has 3 aromatic rings. The van der Waals surface area contributed by atoms with Crippen molar-refractivity contribution in [2.45, 2.75) is 25.2 Å². The number of alkyl halides is 2. The second-order valence-electron chi connectivity index (χ2n) is 6.42. The van der Waals surface area contributed by atoms with Crippen LogP contribution in [-0.4, -0.2) is 48.5 Å². The number of amides is 1. The van der Waals surface area contributed by atoms with Gasteiger partial charge in [0.2, 0.25) is 0 Å². The van der Waals surface area contributed by atoms with Crippen molar-refractivity contribution < 1.29 is 13.6 Å². The Labute approximate surface area is 153 Å². The van der Waals surface area contributed by atoms with E-state index in [1.54, 1.807) is 23.1 Å². The second-order valence-corrected chi connectivity index (χ2v) is 6.42. The molecule has 140 valence electrons. The van der Waals surface area contributed by atoms with Crippen LogP contribution in [0.5, 0.6) is 0 Å². The lowest BCUT2D eigenvalue weighted by Gasteiger charge is -2.32. The molecule has 3 aromatic heterocycles.